The van der Waals surface area contributed by atoms with E-state index in [1.807, 2.05) is 25.1 Å². The molecule has 0 amide bonds. The lowest BCUT2D eigenvalue weighted by atomic mass is 9.96. The van der Waals surface area contributed by atoms with E-state index in [1.54, 1.807) is 29.4 Å². The number of benzene rings is 1. The molecule has 1 aliphatic rings. The van der Waals surface area contributed by atoms with E-state index in [0.717, 1.165) is 17.7 Å². The zero-order valence-electron chi connectivity index (χ0n) is 15.0. The maximum absolute atomic E-state index is 12.6. The zero-order chi connectivity index (χ0) is 18.7. The molecule has 138 valence electrons. The number of rotatable bonds is 6. The first-order valence-corrected chi connectivity index (χ1v) is 9.91. The summed E-state index contributed by atoms with van der Waals surface area (Å²) in [5, 5.41) is 9.09. The monoisotopic (exact) mass is 392 g/mol. The van der Waals surface area contributed by atoms with Crippen LogP contribution in [0.5, 0.6) is 0 Å². The van der Waals surface area contributed by atoms with Gasteiger partial charge in [-0.05, 0) is 38.0 Å². The minimum absolute atomic E-state index is 0.305. The summed E-state index contributed by atoms with van der Waals surface area (Å²) in [6.07, 6.45) is 1.03. The molecule has 0 bridgehead atoms. The van der Waals surface area contributed by atoms with Crippen LogP contribution < -0.4 is 5.32 Å². The molecule has 1 aromatic heterocycles. The molecule has 8 heteroatoms. The molecule has 3 rings (SSSR count). The van der Waals surface area contributed by atoms with E-state index in [4.69, 9.17) is 16.3 Å². The van der Waals surface area contributed by atoms with Gasteiger partial charge in [0.2, 0.25) is 11.1 Å². The van der Waals surface area contributed by atoms with Crippen LogP contribution in [0.25, 0.3) is 0 Å². The highest BCUT2D eigenvalue weighted by molar-refractivity contribution is 7.99. The van der Waals surface area contributed by atoms with Gasteiger partial charge in [0.15, 0.2) is 0 Å². The van der Waals surface area contributed by atoms with Crippen molar-refractivity contribution >= 4 is 35.3 Å². The summed E-state index contributed by atoms with van der Waals surface area (Å²) in [4.78, 5) is 17.2. The number of aromatic nitrogens is 3. The summed E-state index contributed by atoms with van der Waals surface area (Å²) in [6.45, 7) is 6.06. The molecule has 0 saturated heterocycles. The SMILES string of the molecule is CCCSc1nc2n(n1)C(c1cccc(Cl)c1)C(C(=O)OCC)=C(C)N2. The van der Waals surface area contributed by atoms with Gasteiger partial charge in [0, 0.05) is 16.5 Å². The summed E-state index contributed by atoms with van der Waals surface area (Å²) in [5.41, 5.74) is 2.08. The van der Waals surface area contributed by atoms with Crippen molar-refractivity contribution in [1.82, 2.24) is 14.8 Å². The number of ether oxygens (including phenoxy) is 1. The number of thioether (sulfide) groups is 1. The molecule has 1 N–H and O–H groups in total. The number of carbonyl (C=O) groups excluding carboxylic acids is 1. The smallest absolute Gasteiger partial charge is 0.338 e. The molecule has 0 radical (unpaired) electrons. The average molecular weight is 393 g/mol. The molecule has 0 aliphatic carbocycles. The van der Waals surface area contributed by atoms with E-state index < -0.39 is 6.04 Å². The zero-order valence-corrected chi connectivity index (χ0v) is 16.5. The lowest BCUT2D eigenvalue weighted by molar-refractivity contribution is -0.139. The molecular weight excluding hydrogens is 372 g/mol. The molecule has 2 heterocycles. The molecule has 26 heavy (non-hydrogen) atoms. The van der Waals surface area contributed by atoms with Crippen molar-refractivity contribution in [3.63, 3.8) is 0 Å². The van der Waals surface area contributed by atoms with Gasteiger partial charge < -0.3 is 10.1 Å². The molecule has 0 spiro atoms. The Kier molecular flexibility index (Phi) is 5.88. The maximum Gasteiger partial charge on any atom is 0.338 e. The van der Waals surface area contributed by atoms with E-state index in [0.29, 0.717) is 34.0 Å². The second-order valence-corrected chi connectivity index (χ2v) is 7.35. The Labute approximate surface area is 162 Å². The number of fused-ring (bicyclic) bond motifs is 1. The molecular formula is C18H21ClN4O2S. The minimum Gasteiger partial charge on any atom is -0.463 e. The third-order valence-corrected chi connectivity index (χ3v) is 5.21. The van der Waals surface area contributed by atoms with Crippen molar-refractivity contribution in [2.75, 3.05) is 17.7 Å². The van der Waals surface area contributed by atoms with Gasteiger partial charge in [-0.2, -0.15) is 4.98 Å². The minimum atomic E-state index is -0.438. The lowest BCUT2D eigenvalue weighted by Gasteiger charge is -2.28. The predicted octanol–water partition coefficient (Wildman–Crippen LogP) is 4.29. The Morgan fingerprint density at radius 1 is 1.42 bits per heavy atom. The van der Waals surface area contributed by atoms with Crippen LogP contribution in [0.15, 0.2) is 40.7 Å². The summed E-state index contributed by atoms with van der Waals surface area (Å²) < 4.78 is 7.02. The highest BCUT2D eigenvalue weighted by atomic mass is 35.5. The van der Waals surface area contributed by atoms with E-state index in [1.165, 1.54) is 0 Å². The molecule has 1 unspecified atom stereocenters. The van der Waals surface area contributed by atoms with E-state index in [9.17, 15) is 4.79 Å². The van der Waals surface area contributed by atoms with Crippen LogP contribution in [-0.2, 0) is 9.53 Å². The van der Waals surface area contributed by atoms with Crippen LogP contribution in [0.1, 0.15) is 38.8 Å². The summed E-state index contributed by atoms with van der Waals surface area (Å²) in [7, 11) is 0. The number of nitrogens with zero attached hydrogens (tertiary/aromatic N) is 3. The summed E-state index contributed by atoms with van der Waals surface area (Å²) in [5.74, 6) is 1.17. The van der Waals surface area contributed by atoms with Crippen LogP contribution in [-0.4, -0.2) is 33.1 Å². The molecule has 2 aromatic rings. The normalized spacial score (nSPS) is 16.2. The van der Waals surface area contributed by atoms with E-state index in [-0.39, 0.29) is 5.97 Å². The van der Waals surface area contributed by atoms with Crippen molar-refractivity contribution in [2.24, 2.45) is 0 Å². The number of anilines is 1. The molecule has 1 aliphatic heterocycles. The van der Waals surface area contributed by atoms with Gasteiger partial charge in [0.1, 0.15) is 6.04 Å². The molecule has 1 atom stereocenters. The van der Waals surface area contributed by atoms with Gasteiger partial charge in [-0.1, -0.05) is 42.4 Å². The fourth-order valence-corrected chi connectivity index (χ4v) is 3.73. The van der Waals surface area contributed by atoms with Crippen LogP contribution in [0, 0.1) is 0 Å². The molecule has 0 saturated carbocycles. The standard InChI is InChI=1S/C18H21ClN4O2S/c1-4-9-26-18-21-17-20-11(3)14(16(24)25-5-2)15(23(17)22-18)12-7-6-8-13(19)10-12/h6-8,10,15H,4-5,9H2,1-3H3,(H,20,21,22). The average Bonchev–Trinajstić information content (AvgIpc) is 3.01. The van der Waals surface area contributed by atoms with Gasteiger partial charge in [0.05, 0.1) is 12.2 Å². The van der Waals surface area contributed by atoms with Crippen molar-refractivity contribution < 1.29 is 9.53 Å². The Bertz CT molecular complexity index is 849. The Balaban J connectivity index is 2.10. The second-order valence-electron chi connectivity index (χ2n) is 5.85. The van der Waals surface area contributed by atoms with Crippen molar-refractivity contribution in [1.29, 1.82) is 0 Å². The summed E-state index contributed by atoms with van der Waals surface area (Å²) >= 11 is 7.78. The number of hydrogen-bond acceptors (Lipinski definition) is 6. The van der Waals surface area contributed by atoms with Gasteiger partial charge in [-0.3, -0.25) is 0 Å². The molecule has 1 aromatic carbocycles. The lowest BCUT2D eigenvalue weighted by Crippen LogP contribution is -2.29. The number of esters is 1. The van der Waals surface area contributed by atoms with Crippen LogP contribution in [0.2, 0.25) is 5.02 Å². The van der Waals surface area contributed by atoms with Gasteiger partial charge in [0.25, 0.3) is 0 Å². The first-order valence-electron chi connectivity index (χ1n) is 8.54. The number of nitrogens with one attached hydrogen (secondary N) is 1. The van der Waals surface area contributed by atoms with Crippen molar-refractivity contribution in [3.05, 3.63) is 46.1 Å². The molecule has 0 fully saturated rings. The van der Waals surface area contributed by atoms with Crippen molar-refractivity contribution in [3.8, 4) is 0 Å². The van der Waals surface area contributed by atoms with Gasteiger partial charge in [-0.15, -0.1) is 5.10 Å². The fourth-order valence-electron chi connectivity index (χ4n) is 2.84. The third kappa shape index (κ3) is 3.73. The third-order valence-electron chi connectivity index (χ3n) is 3.93. The van der Waals surface area contributed by atoms with Crippen LogP contribution in [0.4, 0.5) is 5.95 Å². The second kappa shape index (κ2) is 8.14. The quantitative estimate of drug-likeness (QED) is 0.584. The number of carbonyl (C=O) groups is 1. The topological polar surface area (TPSA) is 69.0 Å². The summed E-state index contributed by atoms with van der Waals surface area (Å²) in [6, 6.07) is 7.00. The predicted molar refractivity (Wildman–Crippen MR) is 104 cm³/mol. The highest BCUT2D eigenvalue weighted by Gasteiger charge is 2.35. The Morgan fingerprint density at radius 3 is 2.92 bits per heavy atom. The van der Waals surface area contributed by atoms with Gasteiger partial charge >= 0.3 is 5.97 Å². The van der Waals surface area contributed by atoms with E-state index in [2.05, 4.69) is 22.3 Å². The number of hydrogen-bond donors (Lipinski definition) is 1. The van der Waals surface area contributed by atoms with Crippen LogP contribution >= 0.6 is 23.4 Å². The van der Waals surface area contributed by atoms with Crippen molar-refractivity contribution in [2.45, 2.75) is 38.4 Å². The number of allylic oxidation sites excluding steroid dienone is 1. The first-order chi connectivity index (χ1) is 12.5. The molecule has 6 nitrogen and oxygen atoms in total. The number of halogens is 1. The Hall–Kier alpha value is -1.99. The maximum atomic E-state index is 12.6. The Morgan fingerprint density at radius 2 is 2.23 bits per heavy atom. The first kappa shape index (κ1) is 18.8. The fraction of sp³-hybridized carbons (Fsp3) is 0.389. The van der Waals surface area contributed by atoms with Crippen LogP contribution in [0.3, 0.4) is 0 Å². The largest absolute Gasteiger partial charge is 0.463 e. The van der Waals surface area contributed by atoms with E-state index >= 15 is 0 Å². The highest BCUT2D eigenvalue weighted by Crippen LogP contribution is 2.37. The van der Waals surface area contributed by atoms with Gasteiger partial charge in [-0.25, -0.2) is 9.48 Å².